The largest absolute Gasteiger partial charge is 0.497 e. The van der Waals surface area contributed by atoms with Crippen LogP contribution in [0, 0.1) is 35.5 Å². The monoisotopic (exact) mass is 567 g/mol. The molecule has 5 atom stereocenters. The quantitative estimate of drug-likeness (QED) is 0.141. The van der Waals surface area contributed by atoms with Crippen molar-refractivity contribution in [2.45, 2.75) is 65.3 Å². The third-order valence-electron chi connectivity index (χ3n) is 8.86. The second kappa shape index (κ2) is 15.5. The maximum atomic E-state index is 13.9. The highest BCUT2D eigenvalue weighted by atomic mass is 16.7. The highest BCUT2D eigenvalue weighted by Gasteiger charge is 2.47. The van der Waals surface area contributed by atoms with Crippen molar-refractivity contribution in [3.63, 3.8) is 0 Å². The lowest BCUT2D eigenvalue weighted by Crippen LogP contribution is -2.45. The fraction of sp³-hybridized carbons (Fsp3) is 0.676. The molecule has 1 amide bonds. The third kappa shape index (κ3) is 8.42. The Morgan fingerprint density at radius 1 is 1.27 bits per heavy atom. The second-order valence-corrected chi connectivity index (χ2v) is 12.2. The first-order valence-corrected chi connectivity index (χ1v) is 15.4. The number of allylic oxidation sites excluding steroid dienone is 4. The Bertz CT molecular complexity index is 1030. The molecule has 0 spiro atoms. The van der Waals surface area contributed by atoms with Crippen LogP contribution in [-0.4, -0.2) is 87.4 Å². The number of rotatable bonds is 16. The van der Waals surface area contributed by atoms with Crippen molar-refractivity contribution in [3.05, 3.63) is 48.2 Å². The molecule has 7 nitrogen and oxygen atoms in total. The fourth-order valence-electron chi connectivity index (χ4n) is 6.59. The minimum atomic E-state index is -0.414. The number of methoxy groups -OCH3 is 1. The molecule has 3 aliphatic rings. The van der Waals surface area contributed by atoms with E-state index < -0.39 is 5.41 Å². The standard InChI is InChI=1S/C34H53N3O4/c1-9-13-18-36(19-15-14-17-35(6)7)32(38)24-37-23-28(26-20-30(39-8)33-31(21-26)40-25-41-33)27(11-3)29(37)22-34(5,12-4)16-10-2/h4,10-11,16,21,26-29H,3,9,13-15,17-20,22-25H2,1-2,5-8H3/b16-10+/t26?,27-,28-,29+,34+/m1/s1. The number of hydrogen-bond donors (Lipinski definition) is 0. The van der Waals surface area contributed by atoms with Crippen LogP contribution >= 0.6 is 0 Å². The number of carbonyl (C=O) groups excluding carboxylic acids is 1. The minimum absolute atomic E-state index is 0.0935. The summed E-state index contributed by atoms with van der Waals surface area (Å²) in [7, 11) is 5.88. The van der Waals surface area contributed by atoms with Gasteiger partial charge in [0.15, 0.2) is 5.76 Å². The van der Waals surface area contributed by atoms with Gasteiger partial charge >= 0.3 is 0 Å². The first-order valence-electron chi connectivity index (χ1n) is 15.4. The Morgan fingerprint density at radius 2 is 2.00 bits per heavy atom. The Balaban J connectivity index is 1.86. The first-order chi connectivity index (χ1) is 19.7. The van der Waals surface area contributed by atoms with E-state index in [1.54, 1.807) is 7.11 Å². The van der Waals surface area contributed by atoms with Gasteiger partial charge in [0.25, 0.3) is 0 Å². The van der Waals surface area contributed by atoms with Crippen LogP contribution in [-0.2, 0) is 19.0 Å². The molecule has 2 saturated heterocycles. The summed E-state index contributed by atoms with van der Waals surface area (Å²) >= 11 is 0. The number of likely N-dealkylation sites (tertiary alicyclic amines) is 1. The van der Waals surface area contributed by atoms with Gasteiger partial charge in [-0.2, -0.15) is 0 Å². The number of terminal acetylenes is 1. The molecule has 41 heavy (non-hydrogen) atoms. The van der Waals surface area contributed by atoms with Gasteiger partial charge in [-0.1, -0.05) is 37.5 Å². The maximum absolute atomic E-state index is 13.9. The summed E-state index contributed by atoms with van der Waals surface area (Å²) in [5, 5.41) is 0. The Labute approximate surface area is 249 Å². The molecule has 1 aliphatic carbocycles. The molecule has 0 radical (unpaired) electrons. The number of nitrogens with zero attached hydrogens (tertiary/aromatic N) is 3. The van der Waals surface area contributed by atoms with Crippen LogP contribution in [0.4, 0.5) is 0 Å². The predicted octanol–water partition coefficient (Wildman–Crippen LogP) is 5.43. The van der Waals surface area contributed by atoms with Gasteiger partial charge in [0.2, 0.25) is 18.5 Å². The van der Waals surface area contributed by atoms with Gasteiger partial charge in [-0.25, -0.2) is 0 Å². The molecule has 0 N–H and O–H groups in total. The SMILES string of the molecule is C#C[C@@](C)(/C=C/C)C[C@H]1[C@H](C=C)[C@@H](C2C=C3OCOC3=C(OC)C2)CN1CC(=O)N(CCCC)CCCCN(C)C. The van der Waals surface area contributed by atoms with Gasteiger partial charge in [0.05, 0.1) is 13.7 Å². The molecule has 3 rings (SSSR count). The van der Waals surface area contributed by atoms with E-state index in [0.29, 0.717) is 12.3 Å². The lowest BCUT2D eigenvalue weighted by atomic mass is 9.74. The third-order valence-corrected chi connectivity index (χ3v) is 8.86. The lowest BCUT2D eigenvalue weighted by Gasteiger charge is -2.34. The predicted molar refractivity (Wildman–Crippen MR) is 165 cm³/mol. The van der Waals surface area contributed by atoms with Crippen molar-refractivity contribution in [3.8, 4) is 12.3 Å². The van der Waals surface area contributed by atoms with E-state index in [0.717, 1.165) is 76.2 Å². The number of ether oxygens (including phenoxy) is 3. The van der Waals surface area contributed by atoms with E-state index >= 15 is 0 Å². The topological polar surface area (TPSA) is 54.5 Å². The van der Waals surface area contributed by atoms with Crippen LogP contribution in [0.15, 0.2) is 48.2 Å². The van der Waals surface area contributed by atoms with Crippen LogP contribution < -0.4 is 0 Å². The smallest absolute Gasteiger partial charge is 0.236 e. The maximum Gasteiger partial charge on any atom is 0.236 e. The number of fused-ring (bicyclic) bond motifs is 1. The molecule has 7 heteroatoms. The average molecular weight is 568 g/mol. The first kappa shape index (κ1) is 32.8. The van der Waals surface area contributed by atoms with Gasteiger partial charge in [-0.15, -0.1) is 13.0 Å². The van der Waals surface area contributed by atoms with E-state index in [9.17, 15) is 4.79 Å². The van der Waals surface area contributed by atoms with Crippen molar-refractivity contribution in [1.29, 1.82) is 0 Å². The second-order valence-electron chi connectivity index (χ2n) is 12.2. The minimum Gasteiger partial charge on any atom is -0.497 e. The van der Waals surface area contributed by atoms with Gasteiger partial charge < -0.3 is 24.0 Å². The number of amides is 1. The van der Waals surface area contributed by atoms with Gasteiger partial charge in [0.1, 0.15) is 5.76 Å². The lowest BCUT2D eigenvalue weighted by molar-refractivity contribution is -0.133. The van der Waals surface area contributed by atoms with Crippen LogP contribution in [0.2, 0.25) is 0 Å². The van der Waals surface area contributed by atoms with Crippen molar-refractivity contribution >= 4 is 5.91 Å². The zero-order chi connectivity index (χ0) is 30.0. The summed E-state index contributed by atoms with van der Waals surface area (Å²) in [4.78, 5) is 20.6. The molecule has 0 aromatic rings. The van der Waals surface area contributed by atoms with E-state index in [1.165, 1.54) is 0 Å². The Kier molecular flexibility index (Phi) is 12.4. The average Bonchev–Trinajstić information content (AvgIpc) is 3.56. The molecular formula is C34H53N3O4. The molecule has 0 aromatic heterocycles. The Hall–Kier alpha value is -2.69. The van der Waals surface area contributed by atoms with Crippen LogP contribution in [0.3, 0.4) is 0 Å². The highest BCUT2D eigenvalue weighted by Crippen LogP contribution is 2.46. The van der Waals surface area contributed by atoms with Gasteiger partial charge in [-0.05, 0) is 84.0 Å². The highest BCUT2D eigenvalue weighted by molar-refractivity contribution is 5.78. The summed E-state index contributed by atoms with van der Waals surface area (Å²) in [6.07, 6.45) is 20.2. The normalized spacial score (nSPS) is 25.8. The zero-order valence-electron chi connectivity index (χ0n) is 26.4. The summed E-state index contributed by atoms with van der Waals surface area (Å²) in [5.74, 6) is 6.13. The molecule has 2 aliphatic heterocycles. The summed E-state index contributed by atoms with van der Waals surface area (Å²) in [5.41, 5.74) is -0.414. The van der Waals surface area contributed by atoms with Crippen LogP contribution in [0.5, 0.6) is 0 Å². The molecule has 0 bridgehead atoms. The van der Waals surface area contributed by atoms with Gasteiger partial charge in [0, 0.05) is 37.5 Å². The van der Waals surface area contributed by atoms with Crippen LogP contribution in [0.1, 0.15) is 59.3 Å². The molecule has 2 fully saturated rings. The molecule has 2 heterocycles. The van der Waals surface area contributed by atoms with E-state index in [1.807, 2.05) is 13.0 Å². The summed E-state index contributed by atoms with van der Waals surface area (Å²) < 4.78 is 17.2. The zero-order valence-corrected chi connectivity index (χ0v) is 26.4. The molecule has 228 valence electrons. The summed E-state index contributed by atoms with van der Waals surface area (Å²) in [6, 6.07) is 0.0935. The number of carbonyl (C=O) groups is 1. The fourth-order valence-corrected chi connectivity index (χ4v) is 6.59. The van der Waals surface area contributed by atoms with E-state index in [2.05, 4.69) is 73.4 Å². The Morgan fingerprint density at radius 3 is 2.63 bits per heavy atom. The van der Waals surface area contributed by atoms with Crippen molar-refractivity contribution in [1.82, 2.24) is 14.7 Å². The van der Waals surface area contributed by atoms with Crippen molar-refractivity contribution in [2.24, 2.45) is 23.2 Å². The summed E-state index contributed by atoms with van der Waals surface area (Å²) in [6.45, 7) is 14.6. The van der Waals surface area contributed by atoms with Crippen LogP contribution in [0.25, 0.3) is 0 Å². The van der Waals surface area contributed by atoms with E-state index in [4.69, 9.17) is 20.6 Å². The van der Waals surface area contributed by atoms with Crippen molar-refractivity contribution in [2.75, 3.05) is 60.7 Å². The number of unbranched alkanes of at least 4 members (excludes halogenated alkanes) is 2. The number of hydrogen-bond acceptors (Lipinski definition) is 6. The van der Waals surface area contributed by atoms with Crippen molar-refractivity contribution < 1.29 is 19.0 Å². The molecule has 1 unspecified atom stereocenters. The van der Waals surface area contributed by atoms with Gasteiger partial charge in [-0.3, -0.25) is 9.69 Å². The van der Waals surface area contributed by atoms with E-state index in [-0.39, 0.29) is 36.5 Å². The molecule has 0 aromatic carbocycles. The molecule has 0 saturated carbocycles. The molecular weight excluding hydrogens is 514 g/mol.